The fourth-order valence-electron chi connectivity index (χ4n) is 3.79. The second-order valence-corrected chi connectivity index (χ2v) is 7.04. The third-order valence-corrected chi connectivity index (χ3v) is 5.05. The van der Waals surface area contributed by atoms with Gasteiger partial charge in [0.25, 0.3) is 0 Å². The van der Waals surface area contributed by atoms with E-state index in [1.54, 1.807) is 0 Å². The molecule has 3 aromatic carbocycles. The molecule has 130 valence electrons. The molecular weight excluding hydrogens is 314 g/mol. The second kappa shape index (κ2) is 8.05. The molecule has 0 atom stereocenters. The van der Waals surface area contributed by atoms with E-state index in [1.807, 2.05) is 0 Å². The minimum atomic E-state index is 0.932. The monoisotopic (exact) mass is 339 g/mol. The first-order valence-corrected chi connectivity index (χ1v) is 9.49. The van der Waals surface area contributed by atoms with Crippen molar-refractivity contribution in [3.8, 4) is 0 Å². The van der Waals surface area contributed by atoms with Crippen LogP contribution >= 0.6 is 0 Å². The number of allylic oxidation sites excluding steroid dienone is 1. The number of rotatable bonds is 5. The quantitative estimate of drug-likeness (QED) is 0.545. The smallest absolute Gasteiger partial charge is 0.0427 e. The molecule has 3 aromatic rings. The van der Waals surface area contributed by atoms with Gasteiger partial charge in [0, 0.05) is 19.3 Å². The van der Waals surface area contributed by atoms with Gasteiger partial charge in [0.15, 0.2) is 0 Å². The predicted molar refractivity (Wildman–Crippen MR) is 109 cm³/mol. The van der Waals surface area contributed by atoms with Crippen LogP contribution in [0.15, 0.2) is 91.1 Å². The van der Waals surface area contributed by atoms with E-state index in [9.17, 15) is 0 Å². The van der Waals surface area contributed by atoms with E-state index in [0.717, 1.165) is 19.5 Å². The Morgan fingerprint density at radius 2 is 1.23 bits per heavy atom. The van der Waals surface area contributed by atoms with Crippen LogP contribution in [0.3, 0.4) is 0 Å². The highest BCUT2D eigenvalue weighted by Crippen LogP contribution is 2.31. The van der Waals surface area contributed by atoms with Crippen LogP contribution < -0.4 is 0 Å². The molecule has 26 heavy (non-hydrogen) atoms. The summed E-state index contributed by atoms with van der Waals surface area (Å²) in [6.07, 6.45) is 6.01. The standard InChI is InChI=1S/C25H25N/c1-3-10-21(11-4-1)18-26(19-22-12-5-2-6-13-22)20-24-16-9-15-23-14-7-8-17-25(23)24/h1-8,10-14,17,20H,9,15-16,18-19H2/b24-20+. The Hall–Kier alpha value is -2.80. The molecule has 4 rings (SSSR count). The molecule has 0 unspecified atom stereocenters. The Morgan fingerprint density at radius 3 is 1.88 bits per heavy atom. The average molecular weight is 339 g/mol. The van der Waals surface area contributed by atoms with E-state index in [1.165, 1.54) is 40.7 Å². The lowest BCUT2D eigenvalue weighted by Crippen LogP contribution is -2.18. The summed E-state index contributed by atoms with van der Waals surface area (Å²) in [5.74, 6) is 0. The predicted octanol–water partition coefficient (Wildman–Crippen LogP) is 6.07. The number of benzene rings is 3. The minimum Gasteiger partial charge on any atom is -0.369 e. The summed E-state index contributed by atoms with van der Waals surface area (Å²) in [5.41, 5.74) is 7.10. The number of nitrogens with zero attached hydrogens (tertiary/aromatic N) is 1. The van der Waals surface area contributed by atoms with Crippen LogP contribution in [0, 0.1) is 0 Å². The summed E-state index contributed by atoms with van der Waals surface area (Å²) >= 11 is 0. The van der Waals surface area contributed by atoms with Crippen molar-refractivity contribution in [2.45, 2.75) is 32.4 Å². The first kappa shape index (κ1) is 16.7. The van der Waals surface area contributed by atoms with Crippen LogP contribution in [0.4, 0.5) is 0 Å². The zero-order valence-corrected chi connectivity index (χ0v) is 15.1. The van der Waals surface area contributed by atoms with Crippen LogP contribution in [-0.2, 0) is 19.5 Å². The highest BCUT2D eigenvalue weighted by molar-refractivity contribution is 5.69. The van der Waals surface area contributed by atoms with E-state index >= 15 is 0 Å². The van der Waals surface area contributed by atoms with Gasteiger partial charge in [-0.2, -0.15) is 0 Å². The molecule has 0 spiro atoms. The highest BCUT2D eigenvalue weighted by Gasteiger charge is 2.15. The third-order valence-electron chi connectivity index (χ3n) is 5.05. The normalized spacial score (nSPS) is 14.8. The maximum atomic E-state index is 2.46. The maximum absolute atomic E-state index is 2.46. The van der Waals surface area contributed by atoms with Crippen LogP contribution in [0.1, 0.15) is 35.1 Å². The van der Waals surface area contributed by atoms with E-state index < -0.39 is 0 Å². The molecule has 0 saturated carbocycles. The summed E-state index contributed by atoms with van der Waals surface area (Å²) in [6, 6.07) is 30.4. The largest absolute Gasteiger partial charge is 0.369 e. The van der Waals surface area contributed by atoms with Crippen molar-refractivity contribution in [1.82, 2.24) is 4.90 Å². The summed E-state index contributed by atoms with van der Waals surface area (Å²) < 4.78 is 0. The van der Waals surface area contributed by atoms with Gasteiger partial charge in [-0.25, -0.2) is 0 Å². The van der Waals surface area contributed by atoms with E-state index in [0.29, 0.717) is 0 Å². The lowest BCUT2D eigenvalue weighted by Gasteiger charge is -2.25. The number of aryl methyl sites for hydroxylation is 1. The van der Waals surface area contributed by atoms with Gasteiger partial charge in [-0.05, 0) is 47.1 Å². The number of fused-ring (bicyclic) bond motifs is 1. The molecule has 0 fully saturated rings. The summed E-state index contributed by atoms with van der Waals surface area (Å²) in [6.45, 7) is 1.86. The van der Waals surface area contributed by atoms with Crippen LogP contribution in [0.5, 0.6) is 0 Å². The van der Waals surface area contributed by atoms with Gasteiger partial charge in [0.2, 0.25) is 0 Å². The molecule has 0 aliphatic heterocycles. The van der Waals surface area contributed by atoms with Gasteiger partial charge in [-0.1, -0.05) is 84.9 Å². The second-order valence-electron chi connectivity index (χ2n) is 7.04. The van der Waals surface area contributed by atoms with Gasteiger partial charge < -0.3 is 4.90 Å². The lowest BCUT2D eigenvalue weighted by atomic mass is 9.88. The maximum Gasteiger partial charge on any atom is 0.0427 e. The Kier molecular flexibility index (Phi) is 5.16. The Morgan fingerprint density at radius 1 is 0.654 bits per heavy atom. The zero-order valence-electron chi connectivity index (χ0n) is 15.1. The molecule has 0 N–H and O–H groups in total. The van der Waals surface area contributed by atoms with Crippen molar-refractivity contribution in [3.63, 3.8) is 0 Å². The minimum absolute atomic E-state index is 0.932. The first-order chi connectivity index (χ1) is 12.9. The summed E-state index contributed by atoms with van der Waals surface area (Å²) in [7, 11) is 0. The van der Waals surface area contributed by atoms with Gasteiger partial charge in [0.1, 0.15) is 0 Å². The van der Waals surface area contributed by atoms with Gasteiger partial charge in [0.05, 0.1) is 0 Å². The molecule has 0 heterocycles. The van der Waals surface area contributed by atoms with Crippen molar-refractivity contribution in [2.75, 3.05) is 0 Å². The van der Waals surface area contributed by atoms with Crippen LogP contribution in [0.2, 0.25) is 0 Å². The molecular formula is C25H25N. The highest BCUT2D eigenvalue weighted by atomic mass is 15.1. The Labute approximate surface area is 156 Å². The first-order valence-electron chi connectivity index (χ1n) is 9.49. The molecule has 1 aliphatic carbocycles. The zero-order chi connectivity index (χ0) is 17.6. The van der Waals surface area contributed by atoms with Crippen LogP contribution in [0.25, 0.3) is 5.57 Å². The van der Waals surface area contributed by atoms with Crippen LogP contribution in [-0.4, -0.2) is 4.90 Å². The van der Waals surface area contributed by atoms with E-state index in [-0.39, 0.29) is 0 Å². The molecule has 1 nitrogen and oxygen atoms in total. The van der Waals surface area contributed by atoms with Crippen molar-refractivity contribution in [2.24, 2.45) is 0 Å². The topological polar surface area (TPSA) is 3.24 Å². The van der Waals surface area contributed by atoms with Crippen molar-refractivity contribution >= 4 is 5.57 Å². The average Bonchev–Trinajstić information content (AvgIpc) is 2.70. The Balaban J connectivity index is 1.64. The van der Waals surface area contributed by atoms with Crippen molar-refractivity contribution in [1.29, 1.82) is 0 Å². The molecule has 1 heteroatoms. The molecule has 0 amide bonds. The van der Waals surface area contributed by atoms with Crippen molar-refractivity contribution < 1.29 is 0 Å². The van der Waals surface area contributed by atoms with Gasteiger partial charge in [-0.3, -0.25) is 0 Å². The number of hydrogen-bond donors (Lipinski definition) is 0. The molecule has 1 aliphatic rings. The molecule has 0 aromatic heterocycles. The fraction of sp³-hybridized carbons (Fsp3) is 0.200. The summed E-state index contributed by atoms with van der Waals surface area (Å²) in [5, 5.41) is 0. The third kappa shape index (κ3) is 4.05. The fourth-order valence-corrected chi connectivity index (χ4v) is 3.79. The molecule has 0 bridgehead atoms. The van der Waals surface area contributed by atoms with E-state index in [4.69, 9.17) is 0 Å². The number of hydrogen-bond acceptors (Lipinski definition) is 1. The SMILES string of the molecule is C(=C1/CCCc2ccccc21)/N(Cc1ccccc1)Cc1ccccc1. The summed E-state index contributed by atoms with van der Waals surface area (Å²) in [4.78, 5) is 2.46. The van der Waals surface area contributed by atoms with Gasteiger partial charge in [-0.15, -0.1) is 0 Å². The Bertz CT molecular complexity index is 823. The van der Waals surface area contributed by atoms with Gasteiger partial charge >= 0.3 is 0 Å². The molecule has 0 radical (unpaired) electrons. The van der Waals surface area contributed by atoms with E-state index in [2.05, 4.69) is 96.0 Å². The lowest BCUT2D eigenvalue weighted by molar-refractivity contribution is 0.362. The molecule has 0 saturated heterocycles. The van der Waals surface area contributed by atoms with Crippen molar-refractivity contribution in [3.05, 3.63) is 113 Å².